The molecule has 0 spiro atoms. The molecule has 0 aliphatic carbocycles. The molecule has 28 heavy (non-hydrogen) atoms. The van der Waals surface area contributed by atoms with Crippen LogP contribution in [0.25, 0.3) is 0 Å². The first-order valence-corrected chi connectivity index (χ1v) is 8.98. The van der Waals surface area contributed by atoms with Crippen LogP contribution < -0.4 is 9.47 Å². The molecule has 3 rings (SSSR count). The average molecular weight is 394 g/mol. The molecular formula is C20H21F3N2O3. The number of methoxy groups -OCH3 is 1. The van der Waals surface area contributed by atoms with E-state index in [4.69, 9.17) is 9.47 Å². The number of piperidine rings is 1. The zero-order valence-corrected chi connectivity index (χ0v) is 15.4. The standard InChI is InChI=1S/C20H21F3N2O3/c1-27-16-6-3-2-5-15(16)19(26)25-11-9-14(10-12-25)13-28-18-8-4-7-17(24-18)20(21,22)23/h2-8,14H,9-13H2,1H3. The fourth-order valence-corrected chi connectivity index (χ4v) is 3.15. The van der Waals surface area contributed by atoms with Crippen LogP contribution in [0.5, 0.6) is 11.6 Å². The van der Waals surface area contributed by atoms with E-state index in [1.807, 2.05) is 0 Å². The molecule has 0 atom stereocenters. The highest BCUT2D eigenvalue weighted by molar-refractivity contribution is 5.97. The van der Waals surface area contributed by atoms with Crippen LogP contribution in [-0.4, -0.2) is 42.6 Å². The number of likely N-dealkylation sites (tertiary alicyclic amines) is 1. The number of rotatable bonds is 5. The molecule has 0 radical (unpaired) electrons. The Hall–Kier alpha value is -2.77. The number of hydrogen-bond donors (Lipinski definition) is 0. The highest BCUT2D eigenvalue weighted by Gasteiger charge is 2.33. The minimum atomic E-state index is -4.50. The van der Waals surface area contributed by atoms with Gasteiger partial charge in [-0.3, -0.25) is 4.79 Å². The van der Waals surface area contributed by atoms with Crippen molar-refractivity contribution in [3.63, 3.8) is 0 Å². The van der Waals surface area contributed by atoms with Crippen LogP contribution in [0, 0.1) is 5.92 Å². The number of benzene rings is 1. The molecule has 1 aromatic heterocycles. The first-order valence-electron chi connectivity index (χ1n) is 8.98. The van der Waals surface area contributed by atoms with Crippen LogP contribution in [0.1, 0.15) is 28.9 Å². The molecule has 1 aromatic carbocycles. The minimum Gasteiger partial charge on any atom is -0.496 e. The molecular weight excluding hydrogens is 373 g/mol. The second-order valence-electron chi connectivity index (χ2n) is 6.61. The van der Waals surface area contributed by atoms with E-state index in [9.17, 15) is 18.0 Å². The van der Waals surface area contributed by atoms with E-state index in [1.165, 1.54) is 19.2 Å². The number of carbonyl (C=O) groups excluding carboxylic acids is 1. The van der Waals surface area contributed by atoms with Crippen LogP contribution in [0.15, 0.2) is 42.5 Å². The lowest BCUT2D eigenvalue weighted by atomic mass is 9.97. The first-order chi connectivity index (χ1) is 13.4. The van der Waals surface area contributed by atoms with E-state index < -0.39 is 11.9 Å². The third-order valence-electron chi connectivity index (χ3n) is 4.72. The Morgan fingerprint density at radius 1 is 1.14 bits per heavy atom. The first kappa shape index (κ1) is 20.0. The van der Waals surface area contributed by atoms with Gasteiger partial charge in [-0.25, -0.2) is 4.98 Å². The summed E-state index contributed by atoms with van der Waals surface area (Å²) in [5.74, 6) is 0.561. The van der Waals surface area contributed by atoms with Crippen molar-refractivity contribution < 1.29 is 27.4 Å². The topological polar surface area (TPSA) is 51.7 Å². The number of ether oxygens (including phenoxy) is 2. The molecule has 2 aromatic rings. The maximum Gasteiger partial charge on any atom is 0.433 e. The van der Waals surface area contributed by atoms with E-state index in [0.717, 1.165) is 6.07 Å². The molecule has 2 heterocycles. The van der Waals surface area contributed by atoms with Gasteiger partial charge in [-0.15, -0.1) is 0 Å². The van der Waals surface area contributed by atoms with Crippen molar-refractivity contribution in [3.05, 3.63) is 53.7 Å². The molecule has 1 saturated heterocycles. The molecule has 1 fully saturated rings. The van der Waals surface area contributed by atoms with Crippen LogP contribution in [0.2, 0.25) is 0 Å². The maximum absolute atomic E-state index is 12.7. The van der Waals surface area contributed by atoms with Crippen molar-refractivity contribution in [1.82, 2.24) is 9.88 Å². The van der Waals surface area contributed by atoms with Gasteiger partial charge in [-0.1, -0.05) is 18.2 Å². The van der Waals surface area contributed by atoms with Crippen molar-refractivity contribution in [2.45, 2.75) is 19.0 Å². The molecule has 0 N–H and O–H groups in total. The second kappa shape index (κ2) is 8.50. The summed E-state index contributed by atoms with van der Waals surface area (Å²) in [6.45, 7) is 1.38. The predicted molar refractivity (Wildman–Crippen MR) is 96.4 cm³/mol. The zero-order chi connectivity index (χ0) is 20.1. The van der Waals surface area contributed by atoms with Crippen LogP contribution >= 0.6 is 0 Å². The molecule has 8 heteroatoms. The average Bonchev–Trinajstić information content (AvgIpc) is 2.71. The summed E-state index contributed by atoms with van der Waals surface area (Å²) in [6.07, 6.45) is -3.08. The number of para-hydroxylation sites is 1. The lowest BCUT2D eigenvalue weighted by Gasteiger charge is -2.32. The van der Waals surface area contributed by atoms with Gasteiger partial charge in [0, 0.05) is 19.2 Å². The number of halogens is 3. The zero-order valence-electron chi connectivity index (χ0n) is 15.4. The molecule has 150 valence electrons. The summed E-state index contributed by atoms with van der Waals surface area (Å²) < 4.78 is 48.8. The highest BCUT2D eigenvalue weighted by Crippen LogP contribution is 2.29. The fraction of sp³-hybridized carbons (Fsp3) is 0.400. The number of alkyl halides is 3. The molecule has 1 aliphatic heterocycles. The quantitative estimate of drug-likeness (QED) is 0.768. The number of pyridine rings is 1. The third kappa shape index (κ3) is 4.74. The summed E-state index contributed by atoms with van der Waals surface area (Å²) >= 11 is 0. The van der Waals surface area contributed by atoms with Gasteiger partial charge < -0.3 is 14.4 Å². The monoisotopic (exact) mass is 394 g/mol. The Balaban J connectivity index is 1.53. The van der Waals surface area contributed by atoms with Gasteiger partial charge in [0.05, 0.1) is 19.3 Å². The predicted octanol–water partition coefficient (Wildman–Crippen LogP) is 4.04. The smallest absolute Gasteiger partial charge is 0.433 e. The maximum atomic E-state index is 12.7. The summed E-state index contributed by atoms with van der Waals surface area (Å²) in [6, 6.07) is 10.7. The van der Waals surface area contributed by atoms with Crippen LogP contribution in [0.4, 0.5) is 13.2 Å². The molecule has 5 nitrogen and oxygen atoms in total. The number of hydrogen-bond acceptors (Lipinski definition) is 4. The summed E-state index contributed by atoms with van der Waals surface area (Å²) in [4.78, 5) is 18.0. The van der Waals surface area contributed by atoms with Gasteiger partial charge in [-0.05, 0) is 37.0 Å². The van der Waals surface area contributed by atoms with E-state index in [-0.39, 0.29) is 24.3 Å². The Labute approximate surface area is 161 Å². The molecule has 0 saturated carbocycles. The number of carbonyl (C=O) groups is 1. The summed E-state index contributed by atoms with van der Waals surface area (Å²) in [5.41, 5.74) is -0.449. The van der Waals surface area contributed by atoms with E-state index in [1.54, 1.807) is 29.2 Å². The van der Waals surface area contributed by atoms with Gasteiger partial charge in [0.1, 0.15) is 11.4 Å². The Morgan fingerprint density at radius 3 is 2.54 bits per heavy atom. The Bertz CT molecular complexity index is 818. The van der Waals surface area contributed by atoms with Crippen molar-refractivity contribution >= 4 is 5.91 Å². The van der Waals surface area contributed by atoms with E-state index >= 15 is 0 Å². The van der Waals surface area contributed by atoms with Gasteiger partial charge in [0.15, 0.2) is 0 Å². The van der Waals surface area contributed by atoms with Gasteiger partial charge in [0.25, 0.3) is 5.91 Å². The van der Waals surface area contributed by atoms with Gasteiger partial charge >= 0.3 is 6.18 Å². The third-order valence-corrected chi connectivity index (χ3v) is 4.72. The Morgan fingerprint density at radius 2 is 1.86 bits per heavy atom. The van der Waals surface area contributed by atoms with E-state index in [2.05, 4.69) is 4.98 Å². The molecule has 1 amide bonds. The molecule has 0 bridgehead atoms. The number of amides is 1. The van der Waals surface area contributed by atoms with Gasteiger partial charge in [0.2, 0.25) is 5.88 Å². The lowest BCUT2D eigenvalue weighted by molar-refractivity contribution is -0.141. The van der Waals surface area contributed by atoms with Crippen LogP contribution in [0.3, 0.4) is 0 Å². The summed E-state index contributed by atoms with van der Waals surface area (Å²) in [7, 11) is 1.53. The van der Waals surface area contributed by atoms with Crippen molar-refractivity contribution in [3.8, 4) is 11.6 Å². The lowest BCUT2D eigenvalue weighted by Crippen LogP contribution is -2.39. The molecule has 0 unspecified atom stereocenters. The summed E-state index contributed by atoms with van der Waals surface area (Å²) in [5, 5.41) is 0. The largest absolute Gasteiger partial charge is 0.496 e. The number of aromatic nitrogens is 1. The van der Waals surface area contributed by atoms with Crippen molar-refractivity contribution in [2.75, 3.05) is 26.8 Å². The number of nitrogens with zero attached hydrogens (tertiary/aromatic N) is 2. The highest BCUT2D eigenvalue weighted by atomic mass is 19.4. The Kier molecular flexibility index (Phi) is 6.06. The van der Waals surface area contributed by atoms with Crippen molar-refractivity contribution in [2.24, 2.45) is 5.92 Å². The van der Waals surface area contributed by atoms with E-state index in [0.29, 0.717) is 37.2 Å². The second-order valence-corrected chi connectivity index (χ2v) is 6.61. The fourth-order valence-electron chi connectivity index (χ4n) is 3.15. The SMILES string of the molecule is COc1ccccc1C(=O)N1CCC(COc2cccc(C(F)(F)F)n2)CC1. The molecule has 1 aliphatic rings. The van der Waals surface area contributed by atoms with Crippen molar-refractivity contribution in [1.29, 1.82) is 0 Å². The normalized spacial score (nSPS) is 15.4. The van der Waals surface area contributed by atoms with Gasteiger partial charge in [-0.2, -0.15) is 13.2 Å². The minimum absolute atomic E-state index is 0.0395. The van der Waals surface area contributed by atoms with Crippen LogP contribution in [-0.2, 0) is 6.18 Å².